The van der Waals surface area contributed by atoms with E-state index in [4.69, 9.17) is 4.74 Å². The summed E-state index contributed by atoms with van der Waals surface area (Å²) in [5.41, 5.74) is 0.313. The minimum atomic E-state index is -0.859. The molecule has 0 saturated heterocycles. The lowest BCUT2D eigenvalue weighted by Gasteiger charge is -2.21. The van der Waals surface area contributed by atoms with Crippen LogP contribution in [0.1, 0.15) is 56.9 Å². The molecule has 0 N–H and O–H groups in total. The summed E-state index contributed by atoms with van der Waals surface area (Å²) < 4.78 is 33.6. The van der Waals surface area contributed by atoms with Gasteiger partial charge in [0.1, 0.15) is 0 Å². The van der Waals surface area contributed by atoms with Crippen LogP contribution in [0.5, 0.6) is 5.75 Å². The molecular formula is C19H24F2O. The zero-order valence-electron chi connectivity index (χ0n) is 13.0. The van der Waals surface area contributed by atoms with Crippen molar-refractivity contribution in [1.82, 2.24) is 0 Å². The summed E-state index contributed by atoms with van der Waals surface area (Å²) in [5.74, 6) is -0.394. The van der Waals surface area contributed by atoms with Gasteiger partial charge in [0.15, 0.2) is 11.6 Å². The molecule has 2 aliphatic carbocycles. The Labute approximate surface area is 131 Å². The van der Waals surface area contributed by atoms with Crippen LogP contribution in [0.3, 0.4) is 0 Å². The topological polar surface area (TPSA) is 9.23 Å². The van der Waals surface area contributed by atoms with E-state index in [1.807, 2.05) is 6.08 Å². The maximum atomic E-state index is 14.1. The molecule has 0 aliphatic heterocycles. The third kappa shape index (κ3) is 3.68. The van der Waals surface area contributed by atoms with Crippen molar-refractivity contribution in [3.05, 3.63) is 35.4 Å². The van der Waals surface area contributed by atoms with E-state index in [2.05, 4.69) is 0 Å². The Morgan fingerprint density at radius 1 is 1.00 bits per heavy atom. The van der Waals surface area contributed by atoms with E-state index in [-0.39, 0.29) is 5.75 Å². The first-order valence-corrected chi connectivity index (χ1v) is 8.53. The molecule has 0 aromatic heterocycles. The number of hydrogen-bond donors (Lipinski definition) is 0. The Hall–Kier alpha value is -1.38. The number of allylic oxidation sites excluding steroid dienone is 1. The summed E-state index contributed by atoms with van der Waals surface area (Å²) in [6, 6.07) is 3.16. The molecule has 2 aliphatic rings. The molecule has 3 rings (SSSR count). The van der Waals surface area contributed by atoms with E-state index in [1.165, 1.54) is 32.1 Å². The van der Waals surface area contributed by atoms with Crippen molar-refractivity contribution in [2.24, 2.45) is 11.8 Å². The first-order chi connectivity index (χ1) is 10.7. The maximum absolute atomic E-state index is 14.1. The molecule has 1 aromatic carbocycles. The molecule has 120 valence electrons. The van der Waals surface area contributed by atoms with E-state index in [9.17, 15) is 8.78 Å². The Balaban J connectivity index is 1.57. The molecule has 1 nitrogen and oxygen atoms in total. The first-order valence-electron chi connectivity index (χ1n) is 8.53. The second-order valence-electron chi connectivity index (χ2n) is 6.62. The molecule has 0 bridgehead atoms. The van der Waals surface area contributed by atoms with Gasteiger partial charge in [-0.15, -0.1) is 0 Å². The van der Waals surface area contributed by atoms with Crippen LogP contribution >= 0.6 is 0 Å². The van der Waals surface area contributed by atoms with Crippen molar-refractivity contribution in [1.29, 1.82) is 0 Å². The lowest BCUT2D eigenvalue weighted by molar-refractivity contribution is 0.264. The van der Waals surface area contributed by atoms with Gasteiger partial charge in [0.2, 0.25) is 5.82 Å². The SMILES string of the molecule is Fc1c(/C=C/C2CCC2)ccc(OCCC2CCCC2)c1F. The molecule has 22 heavy (non-hydrogen) atoms. The monoisotopic (exact) mass is 306 g/mol. The summed E-state index contributed by atoms with van der Waals surface area (Å²) in [5, 5.41) is 0. The van der Waals surface area contributed by atoms with Gasteiger partial charge in [-0.3, -0.25) is 0 Å². The van der Waals surface area contributed by atoms with Crippen molar-refractivity contribution in [3.8, 4) is 5.75 Å². The smallest absolute Gasteiger partial charge is 0.201 e. The predicted octanol–water partition coefficient (Wildman–Crippen LogP) is 5.74. The third-order valence-electron chi connectivity index (χ3n) is 5.03. The lowest BCUT2D eigenvalue weighted by Crippen LogP contribution is -2.07. The van der Waals surface area contributed by atoms with Crippen molar-refractivity contribution in [3.63, 3.8) is 0 Å². The fraction of sp³-hybridized carbons (Fsp3) is 0.579. The molecule has 0 atom stereocenters. The van der Waals surface area contributed by atoms with E-state index in [0.717, 1.165) is 19.3 Å². The minimum absolute atomic E-state index is 0.0382. The summed E-state index contributed by atoms with van der Waals surface area (Å²) in [7, 11) is 0. The van der Waals surface area contributed by atoms with E-state index in [0.29, 0.717) is 24.0 Å². The number of rotatable bonds is 6. The van der Waals surface area contributed by atoms with Gasteiger partial charge in [0.25, 0.3) is 0 Å². The quantitative estimate of drug-likeness (QED) is 0.651. The van der Waals surface area contributed by atoms with Gasteiger partial charge < -0.3 is 4.74 Å². The molecule has 0 amide bonds. The molecule has 2 fully saturated rings. The Bertz CT molecular complexity index is 528. The van der Waals surface area contributed by atoms with Crippen LogP contribution in [0.15, 0.2) is 18.2 Å². The van der Waals surface area contributed by atoms with Gasteiger partial charge in [-0.25, -0.2) is 4.39 Å². The normalized spacial score (nSPS) is 19.7. The standard InChI is InChI=1S/C19H24F2O/c20-18-16(9-8-14-6-3-7-14)10-11-17(19(18)21)22-13-12-15-4-1-2-5-15/h8-11,14-15H,1-7,12-13H2/b9-8+. The zero-order valence-corrected chi connectivity index (χ0v) is 13.0. The van der Waals surface area contributed by atoms with Crippen molar-refractivity contribution >= 4 is 6.08 Å². The third-order valence-corrected chi connectivity index (χ3v) is 5.03. The average Bonchev–Trinajstić information content (AvgIpc) is 2.97. The van der Waals surface area contributed by atoms with Gasteiger partial charge in [0, 0.05) is 5.56 Å². The molecule has 3 heteroatoms. The summed E-state index contributed by atoms with van der Waals surface area (Å²) in [4.78, 5) is 0. The summed E-state index contributed by atoms with van der Waals surface area (Å²) in [6.45, 7) is 0.471. The molecule has 1 aromatic rings. The number of hydrogen-bond acceptors (Lipinski definition) is 1. The predicted molar refractivity (Wildman–Crippen MR) is 84.8 cm³/mol. The molecular weight excluding hydrogens is 282 g/mol. The van der Waals surface area contributed by atoms with Crippen molar-refractivity contribution < 1.29 is 13.5 Å². The van der Waals surface area contributed by atoms with Crippen LogP contribution in [0.25, 0.3) is 6.08 Å². The van der Waals surface area contributed by atoms with E-state index < -0.39 is 11.6 Å². The Kier molecular flexibility index (Phi) is 5.12. The van der Waals surface area contributed by atoms with Gasteiger partial charge >= 0.3 is 0 Å². The minimum Gasteiger partial charge on any atom is -0.490 e. The van der Waals surface area contributed by atoms with Gasteiger partial charge in [0.05, 0.1) is 6.61 Å². The number of benzene rings is 1. The first kappa shape index (κ1) is 15.5. The highest BCUT2D eigenvalue weighted by atomic mass is 19.2. The fourth-order valence-electron chi connectivity index (χ4n) is 3.29. The second-order valence-corrected chi connectivity index (χ2v) is 6.62. The van der Waals surface area contributed by atoms with E-state index in [1.54, 1.807) is 18.2 Å². The number of halogens is 2. The van der Waals surface area contributed by atoms with Crippen LogP contribution in [-0.4, -0.2) is 6.61 Å². The van der Waals surface area contributed by atoms with Crippen LogP contribution in [-0.2, 0) is 0 Å². The number of ether oxygens (including phenoxy) is 1. The van der Waals surface area contributed by atoms with Gasteiger partial charge in [-0.2, -0.15) is 4.39 Å². The highest BCUT2D eigenvalue weighted by molar-refractivity contribution is 5.52. The maximum Gasteiger partial charge on any atom is 0.201 e. The van der Waals surface area contributed by atoms with Gasteiger partial charge in [-0.05, 0) is 43.2 Å². The van der Waals surface area contributed by atoms with Crippen LogP contribution in [0.2, 0.25) is 0 Å². The van der Waals surface area contributed by atoms with Crippen molar-refractivity contribution in [2.45, 2.75) is 51.4 Å². The van der Waals surface area contributed by atoms with Crippen molar-refractivity contribution in [2.75, 3.05) is 6.61 Å². The molecule has 2 saturated carbocycles. The fourth-order valence-corrected chi connectivity index (χ4v) is 3.29. The van der Waals surface area contributed by atoms with Crippen LogP contribution in [0, 0.1) is 23.5 Å². The largest absolute Gasteiger partial charge is 0.490 e. The molecule has 0 heterocycles. The molecule has 0 spiro atoms. The Morgan fingerprint density at radius 3 is 2.45 bits per heavy atom. The summed E-state index contributed by atoms with van der Waals surface area (Å²) >= 11 is 0. The average molecular weight is 306 g/mol. The van der Waals surface area contributed by atoms with Gasteiger partial charge in [-0.1, -0.05) is 44.3 Å². The van der Waals surface area contributed by atoms with Crippen LogP contribution in [0.4, 0.5) is 8.78 Å². The lowest BCUT2D eigenvalue weighted by atomic mass is 9.85. The summed E-state index contributed by atoms with van der Waals surface area (Å²) in [6.07, 6.45) is 13.2. The molecule has 0 radical (unpaired) electrons. The Morgan fingerprint density at radius 2 is 1.77 bits per heavy atom. The van der Waals surface area contributed by atoms with Crippen LogP contribution < -0.4 is 4.74 Å². The van der Waals surface area contributed by atoms with E-state index >= 15 is 0 Å². The second kappa shape index (κ2) is 7.26. The highest BCUT2D eigenvalue weighted by Crippen LogP contribution is 2.30. The molecule has 0 unspecified atom stereocenters. The highest BCUT2D eigenvalue weighted by Gasteiger charge is 2.18. The zero-order chi connectivity index (χ0) is 15.4.